The van der Waals surface area contributed by atoms with E-state index >= 15 is 0 Å². The quantitative estimate of drug-likeness (QED) is 0.349. The van der Waals surface area contributed by atoms with Gasteiger partial charge in [-0.25, -0.2) is 9.78 Å². The van der Waals surface area contributed by atoms with Crippen molar-refractivity contribution in [3.8, 4) is 5.75 Å². The zero-order valence-electron chi connectivity index (χ0n) is 19.1. The lowest BCUT2D eigenvalue weighted by molar-refractivity contribution is 0.0600. The van der Waals surface area contributed by atoms with Crippen molar-refractivity contribution in [3.63, 3.8) is 0 Å². The van der Waals surface area contributed by atoms with Crippen molar-refractivity contribution in [1.82, 2.24) is 9.55 Å². The number of methoxy groups -OCH3 is 1. The number of aryl methyl sites for hydroxylation is 1. The number of carbonyl (C=O) groups excluding carboxylic acids is 1. The lowest BCUT2D eigenvalue weighted by atomic mass is 9.96. The number of benzene rings is 3. The number of aromatic nitrogens is 2. The fraction of sp³-hybridized carbons (Fsp3) is 0.231. The van der Waals surface area contributed by atoms with Crippen molar-refractivity contribution in [2.45, 2.75) is 26.2 Å². The van der Waals surface area contributed by atoms with Gasteiger partial charge in [0, 0.05) is 12.5 Å². The number of rotatable bonds is 5. The number of hydrogen-bond donors (Lipinski definition) is 0. The predicted molar refractivity (Wildman–Crippen MR) is 131 cm³/mol. The average molecular weight is 445 g/mol. The summed E-state index contributed by atoms with van der Waals surface area (Å²) < 4.78 is 13.9. The van der Waals surface area contributed by atoms with E-state index in [0.717, 1.165) is 21.7 Å². The molecule has 1 aromatic heterocycles. The van der Waals surface area contributed by atoms with Crippen LogP contribution in [0.15, 0.2) is 72.8 Å². The van der Waals surface area contributed by atoms with Gasteiger partial charge in [0.05, 0.1) is 12.6 Å². The molecule has 0 spiro atoms. The molecule has 0 amide bonds. The molecule has 3 aromatic carbocycles. The molecule has 0 bridgehead atoms. The highest BCUT2D eigenvalue weighted by Gasteiger charge is 2.28. The Bertz CT molecular complexity index is 1210. The molecule has 0 saturated carbocycles. The lowest BCUT2D eigenvalue weighted by Crippen LogP contribution is -2.47. The van der Waals surface area contributed by atoms with Crippen molar-refractivity contribution >= 4 is 36.4 Å². The second kappa shape index (κ2) is 8.63. The maximum absolute atomic E-state index is 12.9. The fourth-order valence-corrected chi connectivity index (χ4v) is 6.27. The largest absolute Gasteiger partial charge is 0.537 e. The molecule has 0 saturated heterocycles. The monoisotopic (exact) mass is 444 g/mol. The number of fused-ring (bicyclic) bond motifs is 1. The summed E-state index contributed by atoms with van der Waals surface area (Å²) in [5.41, 5.74) is 1.68. The van der Waals surface area contributed by atoms with Gasteiger partial charge in [0.25, 0.3) is 9.04 Å². The van der Waals surface area contributed by atoms with Crippen LogP contribution < -0.4 is 14.8 Å². The summed E-state index contributed by atoms with van der Waals surface area (Å²) in [7, 11) is 1.25. The summed E-state index contributed by atoms with van der Waals surface area (Å²) in [6.45, 7) is 6.32. The van der Waals surface area contributed by atoms with Crippen molar-refractivity contribution in [2.75, 3.05) is 7.11 Å². The number of esters is 1. The van der Waals surface area contributed by atoms with Crippen LogP contribution in [0, 0.1) is 0 Å². The first kappa shape index (κ1) is 21.8. The van der Waals surface area contributed by atoms with E-state index in [1.807, 2.05) is 60.1 Å². The van der Waals surface area contributed by atoms with Crippen LogP contribution in [0.1, 0.15) is 37.0 Å². The Balaban J connectivity index is 1.90. The van der Waals surface area contributed by atoms with E-state index in [1.54, 1.807) is 0 Å². The van der Waals surface area contributed by atoms with Crippen molar-refractivity contribution in [1.29, 1.82) is 0 Å². The van der Waals surface area contributed by atoms with Crippen LogP contribution in [0.5, 0.6) is 5.75 Å². The molecule has 0 atom stereocenters. The minimum Gasteiger partial charge on any atom is -0.537 e. The summed E-state index contributed by atoms with van der Waals surface area (Å²) in [6.07, 6.45) is 0. The number of carbonyl (C=O) groups is 1. The molecule has 5 nitrogen and oxygen atoms in total. The van der Waals surface area contributed by atoms with Gasteiger partial charge in [-0.2, -0.15) is 0 Å². The first-order valence-corrected chi connectivity index (χ1v) is 12.3. The Labute approximate surface area is 190 Å². The highest BCUT2D eigenvalue weighted by Crippen LogP contribution is 2.32. The second-order valence-electron chi connectivity index (χ2n) is 8.86. The molecule has 0 fully saturated rings. The maximum atomic E-state index is 12.9. The molecule has 0 N–H and O–H groups in total. The van der Waals surface area contributed by atoms with E-state index in [4.69, 9.17) is 14.1 Å². The van der Waals surface area contributed by atoms with E-state index < -0.39 is 15.0 Å². The minimum atomic E-state index is -2.12. The number of ether oxygens (including phenoxy) is 1. The van der Waals surface area contributed by atoms with Crippen LogP contribution in [-0.4, -0.2) is 31.7 Å². The lowest BCUT2D eigenvalue weighted by Gasteiger charge is -2.20. The van der Waals surface area contributed by atoms with E-state index in [-0.39, 0.29) is 5.41 Å². The summed E-state index contributed by atoms with van der Waals surface area (Å²) in [5.74, 6) is 0.958. The van der Waals surface area contributed by atoms with Crippen LogP contribution in [0.3, 0.4) is 0 Å². The summed E-state index contributed by atoms with van der Waals surface area (Å²) in [4.78, 5) is 17.8. The number of nitrogens with zero attached hydrogens (tertiary/aromatic N) is 2. The zero-order valence-corrected chi connectivity index (χ0v) is 20.3. The number of imidazole rings is 1. The highest BCUT2D eigenvalue weighted by molar-refractivity contribution is 6.80. The standard InChI is InChI=1S/C26H28N2O3Si/c1-26(2,3)25-27-23-20(28(25)4)16-17-21(22(23)24(29)30-5)31-32(18-12-8-6-9-13-18)19-14-10-7-11-15-19/h6-17,32H,1-5H3. The summed E-state index contributed by atoms with van der Waals surface area (Å²) >= 11 is 0. The van der Waals surface area contributed by atoms with Crippen LogP contribution in [0.2, 0.25) is 0 Å². The molecule has 6 heteroatoms. The molecule has 0 radical (unpaired) electrons. The molecule has 0 aliphatic heterocycles. The molecule has 164 valence electrons. The third-order valence-electron chi connectivity index (χ3n) is 5.52. The van der Waals surface area contributed by atoms with Crippen LogP contribution in [0.25, 0.3) is 11.0 Å². The average Bonchev–Trinajstić information content (AvgIpc) is 3.14. The van der Waals surface area contributed by atoms with Crippen molar-refractivity contribution in [3.05, 3.63) is 84.2 Å². The van der Waals surface area contributed by atoms with Crippen LogP contribution in [-0.2, 0) is 17.2 Å². The van der Waals surface area contributed by atoms with Crippen molar-refractivity contribution < 1.29 is 14.0 Å². The first-order chi connectivity index (χ1) is 15.3. The van der Waals surface area contributed by atoms with Gasteiger partial charge >= 0.3 is 5.97 Å². The van der Waals surface area contributed by atoms with Gasteiger partial charge in [-0.3, -0.25) is 0 Å². The van der Waals surface area contributed by atoms with Gasteiger partial charge in [-0.1, -0.05) is 81.4 Å². The third-order valence-corrected chi connectivity index (χ3v) is 8.00. The SMILES string of the molecule is COC(=O)c1c(O[SiH](c2ccccc2)c2ccccc2)ccc2c1nc(C(C)(C)C)n2C. The Hall–Kier alpha value is -3.38. The van der Waals surface area contributed by atoms with Gasteiger partial charge in [0.1, 0.15) is 22.7 Å². The van der Waals surface area contributed by atoms with Crippen LogP contribution >= 0.6 is 0 Å². The summed E-state index contributed by atoms with van der Waals surface area (Å²) in [5, 5.41) is 2.26. The molecule has 0 unspecified atom stereocenters. The Morgan fingerprint density at radius 2 is 1.47 bits per heavy atom. The third kappa shape index (κ3) is 4.06. The minimum absolute atomic E-state index is 0.173. The molecule has 0 aliphatic rings. The normalized spacial score (nSPS) is 11.7. The smallest absolute Gasteiger partial charge is 0.343 e. The highest BCUT2D eigenvalue weighted by atomic mass is 28.3. The summed E-state index contributed by atoms with van der Waals surface area (Å²) in [6, 6.07) is 24.2. The Kier molecular flexibility index (Phi) is 5.89. The van der Waals surface area contributed by atoms with Crippen LogP contribution in [0.4, 0.5) is 0 Å². The Morgan fingerprint density at radius 3 is 1.97 bits per heavy atom. The second-order valence-corrected chi connectivity index (χ2v) is 11.2. The molecule has 4 aromatic rings. The van der Waals surface area contributed by atoms with Gasteiger partial charge < -0.3 is 13.7 Å². The number of hydrogen-bond acceptors (Lipinski definition) is 4. The predicted octanol–water partition coefficient (Wildman–Crippen LogP) is 3.57. The zero-order chi connectivity index (χ0) is 22.9. The molecule has 0 aliphatic carbocycles. The molecular formula is C26H28N2O3Si. The maximum Gasteiger partial charge on any atom is 0.343 e. The molecule has 1 heterocycles. The topological polar surface area (TPSA) is 53.4 Å². The fourth-order valence-electron chi connectivity index (χ4n) is 4.02. The van der Waals surface area contributed by atoms with Gasteiger partial charge in [0.15, 0.2) is 0 Å². The van der Waals surface area contributed by atoms with E-state index in [2.05, 4.69) is 45.0 Å². The molecule has 32 heavy (non-hydrogen) atoms. The van der Waals surface area contributed by atoms with Gasteiger partial charge in [0.2, 0.25) is 0 Å². The molecular weight excluding hydrogens is 416 g/mol. The van der Waals surface area contributed by atoms with Crippen molar-refractivity contribution in [2.24, 2.45) is 7.05 Å². The molecule has 4 rings (SSSR count). The van der Waals surface area contributed by atoms with E-state index in [1.165, 1.54) is 7.11 Å². The van der Waals surface area contributed by atoms with E-state index in [9.17, 15) is 4.79 Å². The first-order valence-electron chi connectivity index (χ1n) is 10.7. The Morgan fingerprint density at radius 1 is 0.906 bits per heavy atom. The van der Waals surface area contributed by atoms with Gasteiger partial charge in [-0.05, 0) is 22.5 Å². The van der Waals surface area contributed by atoms with E-state index in [0.29, 0.717) is 16.8 Å². The van der Waals surface area contributed by atoms with Gasteiger partial charge in [-0.15, -0.1) is 0 Å².